The summed E-state index contributed by atoms with van der Waals surface area (Å²) in [4.78, 5) is 0. The van der Waals surface area contributed by atoms with Crippen molar-refractivity contribution in [2.24, 2.45) is 11.8 Å². The highest BCUT2D eigenvalue weighted by atomic mass is 16.5. The molecule has 0 radical (unpaired) electrons. The second kappa shape index (κ2) is 5.64. The molecule has 1 aliphatic carbocycles. The number of rotatable bonds is 4. The van der Waals surface area contributed by atoms with E-state index in [2.05, 4.69) is 13.8 Å². The lowest BCUT2D eigenvalue weighted by atomic mass is 9.78. The first-order valence-electron chi connectivity index (χ1n) is 5.80. The summed E-state index contributed by atoms with van der Waals surface area (Å²) in [6, 6.07) is 0. The average Bonchev–Trinajstić information content (AvgIpc) is 2.18. The molecule has 1 saturated carbocycles. The average molecular weight is 184 g/mol. The quantitative estimate of drug-likeness (QED) is 0.648. The van der Waals surface area contributed by atoms with Crippen molar-refractivity contribution < 1.29 is 4.74 Å². The van der Waals surface area contributed by atoms with Crippen molar-refractivity contribution in [3.05, 3.63) is 0 Å². The molecule has 0 aromatic rings. The first-order valence-corrected chi connectivity index (χ1v) is 5.80. The van der Waals surface area contributed by atoms with Crippen LogP contribution in [0.2, 0.25) is 0 Å². The molecule has 1 aliphatic rings. The highest BCUT2D eigenvalue weighted by Gasteiger charge is 2.24. The van der Waals surface area contributed by atoms with Gasteiger partial charge in [-0.2, -0.15) is 0 Å². The molecule has 0 aliphatic heterocycles. The third kappa shape index (κ3) is 3.30. The third-order valence-electron chi connectivity index (χ3n) is 3.60. The van der Waals surface area contributed by atoms with Crippen LogP contribution in [0.4, 0.5) is 0 Å². The predicted octanol–water partition coefficient (Wildman–Crippen LogP) is 3.63. The van der Waals surface area contributed by atoms with Gasteiger partial charge in [-0.1, -0.05) is 26.7 Å². The van der Waals surface area contributed by atoms with E-state index in [1.807, 2.05) is 7.11 Å². The Labute approximate surface area is 82.9 Å². The molecule has 0 N–H and O–H groups in total. The molecule has 1 unspecified atom stereocenters. The van der Waals surface area contributed by atoms with Gasteiger partial charge in [-0.05, 0) is 37.5 Å². The lowest BCUT2D eigenvalue weighted by Gasteiger charge is -2.31. The van der Waals surface area contributed by atoms with Crippen molar-refractivity contribution in [1.82, 2.24) is 0 Å². The van der Waals surface area contributed by atoms with Gasteiger partial charge in [0.05, 0.1) is 6.10 Å². The van der Waals surface area contributed by atoms with Crippen LogP contribution in [0.5, 0.6) is 0 Å². The first-order chi connectivity index (χ1) is 6.27. The summed E-state index contributed by atoms with van der Waals surface area (Å²) in [5, 5.41) is 0. The van der Waals surface area contributed by atoms with Crippen molar-refractivity contribution in [3.63, 3.8) is 0 Å². The molecule has 1 fully saturated rings. The van der Waals surface area contributed by atoms with Crippen LogP contribution in [0.15, 0.2) is 0 Å². The van der Waals surface area contributed by atoms with E-state index in [9.17, 15) is 0 Å². The highest BCUT2D eigenvalue weighted by Crippen LogP contribution is 2.33. The molecule has 0 aromatic carbocycles. The van der Waals surface area contributed by atoms with Gasteiger partial charge in [-0.15, -0.1) is 0 Å². The SMILES string of the molecule is CCCC(C)C1CCC(OC)CC1. The Kier molecular flexibility index (Phi) is 4.79. The van der Waals surface area contributed by atoms with E-state index in [1.165, 1.54) is 38.5 Å². The molecular formula is C12H24O. The second-order valence-electron chi connectivity index (χ2n) is 4.54. The molecule has 0 bridgehead atoms. The van der Waals surface area contributed by atoms with Crippen LogP contribution in [0.1, 0.15) is 52.4 Å². The van der Waals surface area contributed by atoms with Crippen LogP contribution in [0, 0.1) is 11.8 Å². The minimum atomic E-state index is 0.560. The maximum atomic E-state index is 5.38. The van der Waals surface area contributed by atoms with E-state index >= 15 is 0 Å². The molecule has 1 heteroatoms. The van der Waals surface area contributed by atoms with E-state index in [0.717, 1.165) is 11.8 Å². The zero-order valence-corrected chi connectivity index (χ0v) is 9.38. The Morgan fingerprint density at radius 2 is 1.85 bits per heavy atom. The topological polar surface area (TPSA) is 9.23 Å². The lowest BCUT2D eigenvalue weighted by Crippen LogP contribution is -2.24. The van der Waals surface area contributed by atoms with E-state index in [1.54, 1.807) is 0 Å². The summed E-state index contributed by atoms with van der Waals surface area (Å²) < 4.78 is 5.38. The Balaban J connectivity index is 2.23. The molecule has 1 atom stereocenters. The first kappa shape index (κ1) is 11.0. The summed E-state index contributed by atoms with van der Waals surface area (Å²) in [5.74, 6) is 1.91. The molecular weight excluding hydrogens is 160 g/mol. The Hall–Kier alpha value is -0.0400. The van der Waals surface area contributed by atoms with Gasteiger partial charge in [0.2, 0.25) is 0 Å². The maximum Gasteiger partial charge on any atom is 0.0571 e. The third-order valence-corrected chi connectivity index (χ3v) is 3.60. The van der Waals surface area contributed by atoms with Crippen LogP contribution >= 0.6 is 0 Å². The fourth-order valence-corrected chi connectivity index (χ4v) is 2.58. The summed E-state index contributed by atoms with van der Waals surface area (Å²) in [7, 11) is 1.85. The van der Waals surface area contributed by atoms with Gasteiger partial charge in [-0.3, -0.25) is 0 Å². The van der Waals surface area contributed by atoms with Crippen molar-refractivity contribution in [1.29, 1.82) is 0 Å². The second-order valence-corrected chi connectivity index (χ2v) is 4.54. The van der Waals surface area contributed by atoms with Gasteiger partial charge >= 0.3 is 0 Å². The van der Waals surface area contributed by atoms with Gasteiger partial charge in [0, 0.05) is 7.11 Å². The standard InChI is InChI=1S/C12H24O/c1-4-5-10(2)11-6-8-12(13-3)9-7-11/h10-12H,4-9H2,1-3H3. The fourth-order valence-electron chi connectivity index (χ4n) is 2.58. The largest absolute Gasteiger partial charge is 0.381 e. The molecule has 1 nitrogen and oxygen atoms in total. The van der Waals surface area contributed by atoms with Crippen molar-refractivity contribution in [2.45, 2.75) is 58.5 Å². The zero-order valence-electron chi connectivity index (χ0n) is 9.38. The fraction of sp³-hybridized carbons (Fsp3) is 1.00. The Morgan fingerprint density at radius 3 is 2.31 bits per heavy atom. The van der Waals surface area contributed by atoms with E-state index in [-0.39, 0.29) is 0 Å². The summed E-state index contributed by atoms with van der Waals surface area (Å²) in [5.41, 5.74) is 0. The summed E-state index contributed by atoms with van der Waals surface area (Å²) in [6.07, 6.45) is 8.65. The van der Waals surface area contributed by atoms with Gasteiger partial charge < -0.3 is 4.74 Å². The van der Waals surface area contributed by atoms with Crippen molar-refractivity contribution in [3.8, 4) is 0 Å². The van der Waals surface area contributed by atoms with Crippen molar-refractivity contribution >= 4 is 0 Å². The number of ether oxygens (including phenoxy) is 1. The molecule has 0 saturated heterocycles. The zero-order chi connectivity index (χ0) is 9.68. The summed E-state index contributed by atoms with van der Waals surface area (Å²) in [6.45, 7) is 4.71. The van der Waals surface area contributed by atoms with Gasteiger partial charge in [-0.25, -0.2) is 0 Å². The molecule has 0 aromatic heterocycles. The normalized spacial score (nSPS) is 31.6. The molecule has 0 spiro atoms. The van der Waals surface area contributed by atoms with Gasteiger partial charge in [0.1, 0.15) is 0 Å². The minimum absolute atomic E-state index is 0.560. The maximum absolute atomic E-state index is 5.38. The van der Waals surface area contributed by atoms with E-state index in [0.29, 0.717) is 6.10 Å². The van der Waals surface area contributed by atoms with E-state index in [4.69, 9.17) is 4.74 Å². The number of hydrogen-bond acceptors (Lipinski definition) is 1. The van der Waals surface area contributed by atoms with Crippen LogP contribution in [-0.2, 0) is 4.74 Å². The van der Waals surface area contributed by atoms with Gasteiger partial charge in [0.15, 0.2) is 0 Å². The van der Waals surface area contributed by atoms with E-state index < -0.39 is 0 Å². The monoisotopic (exact) mass is 184 g/mol. The number of methoxy groups -OCH3 is 1. The molecule has 1 rings (SSSR count). The smallest absolute Gasteiger partial charge is 0.0571 e. The Bertz CT molecular complexity index is 125. The van der Waals surface area contributed by atoms with Gasteiger partial charge in [0.25, 0.3) is 0 Å². The highest BCUT2D eigenvalue weighted by molar-refractivity contribution is 4.75. The van der Waals surface area contributed by atoms with Crippen molar-refractivity contribution in [2.75, 3.05) is 7.11 Å². The molecule has 0 amide bonds. The van der Waals surface area contributed by atoms with Crippen LogP contribution in [0.3, 0.4) is 0 Å². The van der Waals surface area contributed by atoms with Crippen LogP contribution in [-0.4, -0.2) is 13.2 Å². The predicted molar refractivity (Wildman–Crippen MR) is 56.8 cm³/mol. The minimum Gasteiger partial charge on any atom is -0.381 e. The number of hydrogen-bond donors (Lipinski definition) is 0. The Morgan fingerprint density at radius 1 is 1.23 bits per heavy atom. The van der Waals surface area contributed by atoms with Crippen LogP contribution in [0.25, 0.3) is 0 Å². The van der Waals surface area contributed by atoms with Crippen LogP contribution < -0.4 is 0 Å². The summed E-state index contributed by atoms with van der Waals surface area (Å²) >= 11 is 0. The molecule has 0 heterocycles. The molecule has 78 valence electrons. The lowest BCUT2D eigenvalue weighted by molar-refractivity contribution is 0.0471. The molecule has 13 heavy (non-hydrogen) atoms.